The number of ether oxygens (including phenoxy) is 6. The highest BCUT2D eigenvalue weighted by atomic mass is 16.7. The van der Waals surface area contributed by atoms with Crippen molar-refractivity contribution < 1.29 is 98.7 Å². The zero-order valence-corrected chi connectivity index (χ0v) is 41.4. The molecule has 4 aliphatic rings. The number of aliphatic hydroxyl groups excluding tert-OH is 8. The monoisotopic (exact) mass is 1050 g/mol. The van der Waals surface area contributed by atoms with Crippen LogP contribution in [-0.4, -0.2) is 219 Å². The summed E-state index contributed by atoms with van der Waals surface area (Å²) in [7, 11) is 0. The van der Waals surface area contributed by atoms with Crippen LogP contribution in [0.3, 0.4) is 0 Å². The number of aliphatic hydroxyl groups is 8. The second-order valence-corrected chi connectivity index (χ2v) is 20.8. The Labute approximate surface area is 422 Å². The molecule has 1 aromatic heterocycles. The molecule has 1 aromatic carbocycles. The number of hydrogen-bond acceptors (Lipinski definition) is 23. The van der Waals surface area contributed by atoms with Gasteiger partial charge in [-0.15, -0.1) is 20.4 Å². The summed E-state index contributed by atoms with van der Waals surface area (Å²) in [6.45, 7) is 11.5. The molecule has 20 atom stereocenters. The highest BCUT2D eigenvalue weighted by Crippen LogP contribution is 2.43. The van der Waals surface area contributed by atoms with Gasteiger partial charge < -0.3 is 90.1 Å². The molecule has 0 aliphatic carbocycles. The van der Waals surface area contributed by atoms with Gasteiger partial charge in [0.05, 0.1) is 30.3 Å². The number of aliphatic carboxylic acids is 2. The van der Waals surface area contributed by atoms with Crippen LogP contribution in [0, 0.1) is 29.6 Å². The van der Waals surface area contributed by atoms with Gasteiger partial charge in [-0.25, -0.2) is 9.59 Å². The Morgan fingerprint density at radius 1 is 0.649 bits per heavy atom. The zero-order chi connectivity index (χ0) is 54.7. The summed E-state index contributed by atoms with van der Waals surface area (Å²) in [5.41, 5.74) is 7.87. The molecule has 2 amide bonds. The minimum Gasteiger partial charge on any atom is -0.479 e. The van der Waals surface area contributed by atoms with Crippen molar-refractivity contribution in [3.63, 3.8) is 0 Å². The lowest BCUT2D eigenvalue weighted by atomic mass is 9.71. The van der Waals surface area contributed by atoms with Crippen molar-refractivity contribution in [3.8, 4) is 11.4 Å². The van der Waals surface area contributed by atoms with Gasteiger partial charge in [0.15, 0.2) is 36.7 Å². The van der Waals surface area contributed by atoms with Crippen molar-refractivity contribution in [3.05, 3.63) is 46.1 Å². The van der Waals surface area contributed by atoms with Crippen molar-refractivity contribution in [2.24, 2.45) is 27.8 Å². The third-order valence-electron chi connectivity index (χ3n) is 13.3. The van der Waals surface area contributed by atoms with Crippen molar-refractivity contribution in [1.29, 1.82) is 0 Å². The van der Waals surface area contributed by atoms with E-state index in [1.807, 2.05) is 0 Å². The maximum atomic E-state index is 14.0. The predicted molar refractivity (Wildman–Crippen MR) is 245 cm³/mol. The summed E-state index contributed by atoms with van der Waals surface area (Å²) in [4.78, 5) is 55.8. The van der Waals surface area contributed by atoms with E-state index < -0.39 is 157 Å². The molecule has 0 bridgehead atoms. The smallest absolute Gasteiger partial charge is 0.335 e. The van der Waals surface area contributed by atoms with Crippen molar-refractivity contribution >= 4 is 23.8 Å². The SMILES string of the molecule is Cc1nnc(-c2ccc(CNC(=O)C3O[C@@H](C(C)(C)C)C(O)[C@H](O)[C@@H]3O[C@@H]3OC(C(=O)O)[C@@H]([C@@H]4OC(C(=O)O)[C@@H](O[C@@H]5OC(C(=O)NCCCN=[N+]=[N-])[C@@H](C(C)(C)C)[C@@H](O)C5O)[C@@H](O)C4O)[C@@H](O)C3O)cc2)nn1. The quantitative estimate of drug-likeness (QED) is 0.0341. The van der Waals surface area contributed by atoms with E-state index in [9.17, 15) is 70.2 Å². The van der Waals surface area contributed by atoms with E-state index >= 15 is 0 Å². The van der Waals surface area contributed by atoms with E-state index in [0.717, 1.165) is 0 Å². The van der Waals surface area contributed by atoms with Gasteiger partial charge in [0.2, 0.25) is 11.7 Å². The maximum absolute atomic E-state index is 14.0. The highest BCUT2D eigenvalue weighted by molar-refractivity contribution is 5.82. The zero-order valence-electron chi connectivity index (χ0n) is 41.4. The lowest BCUT2D eigenvalue weighted by Crippen LogP contribution is -2.71. The van der Waals surface area contributed by atoms with Gasteiger partial charge in [-0.2, -0.15) is 0 Å². The van der Waals surface area contributed by atoms with Crippen LogP contribution in [0.5, 0.6) is 0 Å². The Morgan fingerprint density at radius 2 is 1.19 bits per heavy atom. The average Bonchev–Trinajstić information content (AvgIpc) is 3.33. The van der Waals surface area contributed by atoms with Crippen LogP contribution in [0.1, 0.15) is 59.4 Å². The van der Waals surface area contributed by atoms with Crippen LogP contribution in [0.4, 0.5) is 0 Å². The average molecular weight is 1050 g/mol. The number of azide groups is 1. The number of hydrogen-bond donors (Lipinski definition) is 12. The molecule has 0 radical (unpaired) electrons. The van der Waals surface area contributed by atoms with Crippen molar-refractivity contribution in [1.82, 2.24) is 31.0 Å². The number of carbonyl (C=O) groups is 4. The molecule has 2 aromatic rings. The van der Waals surface area contributed by atoms with E-state index in [-0.39, 0.29) is 31.9 Å². The molecule has 8 unspecified atom stereocenters. The molecule has 12 N–H and O–H groups in total. The van der Waals surface area contributed by atoms with Crippen LogP contribution in [0.2, 0.25) is 0 Å². The molecule has 4 fully saturated rings. The normalized spacial score (nSPS) is 36.7. The van der Waals surface area contributed by atoms with E-state index in [2.05, 4.69) is 41.1 Å². The molecule has 4 aliphatic heterocycles. The molecule has 5 heterocycles. The Bertz CT molecular complexity index is 2320. The predicted octanol–water partition coefficient (Wildman–Crippen LogP) is -3.19. The molecule has 0 spiro atoms. The van der Waals surface area contributed by atoms with E-state index in [1.165, 1.54) is 0 Å². The fraction of sp³-hybridized carbons (Fsp3) is 0.733. The third-order valence-corrected chi connectivity index (χ3v) is 13.3. The van der Waals surface area contributed by atoms with Crippen molar-refractivity contribution in [2.75, 3.05) is 13.1 Å². The molecule has 29 heteroatoms. The number of amides is 2. The van der Waals surface area contributed by atoms with E-state index in [1.54, 1.807) is 72.7 Å². The number of carbonyl (C=O) groups excluding carboxylic acids is 2. The van der Waals surface area contributed by atoms with E-state index in [4.69, 9.17) is 34.0 Å². The number of aromatic nitrogens is 4. The third kappa shape index (κ3) is 12.7. The summed E-state index contributed by atoms with van der Waals surface area (Å²) < 4.78 is 34.8. The summed E-state index contributed by atoms with van der Waals surface area (Å²) in [5.74, 6) is -8.12. The molecule has 74 heavy (non-hydrogen) atoms. The number of carboxylic acids is 2. The first-order valence-electron chi connectivity index (χ1n) is 23.7. The molecular weight excluding hydrogens is 987 g/mol. The first-order chi connectivity index (χ1) is 34.7. The van der Waals surface area contributed by atoms with Gasteiger partial charge in [0, 0.05) is 36.0 Å². The lowest BCUT2D eigenvalue weighted by Gasteiger charge is -2.52. The van der Waals surface area contributed by atoms with Crippen LogP contribution in [0.25, 0.3) is 21.8 Å². The minimum atomic E-state index is -2.38. The van der Waals surface area contributed by atoms with Crippen LogP contribution in [0.15, 0.2) is 29.4 Å². The van der Waals surface area contributed by atoms with Crippen LogP contribution < -0.4 is 10.6 Å². The van der Waals surface area contributed by atoms with Gasteiger partial charge in [0.25, 0.3) is 5.91 Å². The second-order valence-electron chi connectivity index (χ2n) is 20.8. The molecule has 410 valence electrons. The molecule has 0 saturated carbocycles. The molecule has 29 nitrogen and oxygen atoms in total. The number of rotatable bonds is 16. The number of nitrogens with one attached hydrogen (secondary N) is 2. The molecular formula is C45H65N9O20. The highest BCUT2D eigenvalue weighted by Gasteiger charge is 2.62. The number of carboxylic acid groups (broad SMARTS) is 2. The Morgan fingerprint density at radius 3 is 1.74 bits per heavy atom. The van der Waals surface area contributed by atoms with Crippen LogP contribution in [-0.2, 0) is 54.1 Å². The second kappa shape index (κ2) is 23.8. The molecule has 6 rings (SSSR count). The fourth-order valence-corrected chi connectivity index (χ4v) is 9.54. The van der Waals surface area contributed by atoms with E-state index in [0.29, 0.717) is 17.0 Å². The van der Waals surface area contributed by atoms with Gasteiger partial charge in [0.1, 0.15) is 54.9 Å². The summed E-state index contributed by atoms with van der Waals surface area (Å²) >= 11 is 0. The Balaban J connectivity index is 1.19. The largest absolute Gasteiger partial charge is 0.479 e. The number of nitrogens with zero attached hydrogens (tertiary/aromatic N) is 7. The summed E-state index contributed by atoms with van der Waals surface area (Å²) in [6.07, 6.45) is -36.8. The van der Waals surface area contributed by atoms with Crippen LogP contribution >= 0.6 is 0 Å². The molecule has 4 saturated heterocycles. The minimum absolute atomic E-state index is 0.00539. The standard InChI is InChI=1S/C45H65N9O20/c1-16-50-52-37(53-51-16)18-11-9-17(10-12-18)15-48-39(64)34-32(25(59)26(60)36(70-34)45(5,6)7)73-42-27(61)21(55)19(30(71-42)40(65)66)29-23(57)24(58)33(35(69-29)41(67)68)74-43-28(62)22(56)20(44(2,3)4)31(72-43)38(63)47-13-8-14-49-54-46/h9-12,19-36,42-43,55-62H,8,13-15H2,1-7H3,(H,47,63)(H,48,64)(H,65,66)(H,67,68)/t19-,20+,21-,22-,23?,24+,25+,26?,27?,28?,29+,30?,31?,32+,33+,34?,35?,36-,42+,43+/m1/s1. The van der Waals surface area contributed by atoms with Gasteiger partial charge in [-0.05, 0) is 35.3 Å². The Kier molecular flexibility index (Phi) is 18.6. The van der Waals surface area contributed by atoms with Gasteiger partial charge in [-0.1, -0.05) is 70.9 Å². The number of benzene rings is 1. The first kappa shape index (κ1) is 58.1. The Hall–Kier alpha value is -5.21. The van der Waals surface area contributed by atoms with Gasteiger partial charge >= 0.3 is 11.9 Å². The van der Waals surface area contributed by atoms with Gasteiger partial charge in [-0.3, -0.25) is 9.59 Å². The first-order valence-corrected chi connectivity index (χ1v) is 23.7. The fourth-order valence-electron chi connectivity index (χ4n) is 9.54. The topological polar surface area (TPSA) is 450 Å². The summed E-state index contributed by atoms with van der Waals surface area (Å²) in [5, 5.41) is 137. The lowest BCUT2D eigenvalue weighted by molar-refractivity contribution is -0.355. The maximum Gasteiger partial charge on any atom is 0.335 e. The number of aryl methyl sites for hydroxylation is 1. The summed E-state index contributed by atoms with van der Waals surface area (Å²) in [6, 6.07) is 6.62. The van der Waals surface area contributed by atoms with Crippen molar-refractivity contribution in [2.45, 2.75) is 172 Å².